The number of ether oxygens (including phenoxy) is 3. The van der Waals surface area contributed by atoms with Gasteiger partial charge in [-0.2, -0.15) is 0 Å². The largest absolute Gasteiger partial charge is 0.508 e. The third-order valence-corrected chi connectivity index (χ3v) is 4.28. The topological polar surface area (TPSA) is 80.3 Å². The van der Waals surface area contributed by atoms with Gasteiger partial charge in [-0.1, -0.05) is 11.6 Å². The lowest BCUT2D eigenvalue weighted by atomic mass is 10.2. The number of fused-ring (bicyclic) bond motifs is 1. The van der Waals surface area contributed by atoms with E-state index >= 15 is 0 Å². The molecule has 0 aliphatic carbocycles. The molecule has 2 aromatic carbocycles. The van der Waals surface area contributed by atoms with Crippen LogP contribution < -0.4 is 19.5 Å². The van der Waals surface area contributed by atoms with Gasteiger partial charge in [0.25, 0.3) is 0 Å². The number of hydrogen-bond acceptors (Lipinski definition) is 5. The second-order valence-electron chi connectivity index (χ2n) is 5.69. The molecule has 0 aromatic heterocycles. The number of phenols is 1. The Hall–Kier alpha value is -2.80. The molecule has 3 rings (SSSR count). The number of nitrogens with one attached hydrogen (secondary N) is 1. The maximum absolute atomic E-state index is 12.7. The van der Waals surface area contributed by atoms with E-state index in [9.17, 15) is 9.90 Å². The molecule has 0 bridgehead atoms. The van der Waals surface area contributed by atoms with E-state index < -0.39 is 0 Å². The summed E-state index contributed by atoms with van der Waals surface area (Å²) in [5.74, 6) is 1.61. The van der Waals surface area contributed by atoms with E-state index in [0.717, 1.165) is 5.56 Å². The summed E-state index contributed by atoms with van der Waals surface area (Å²) in [5.41, 5.74) is 1.22. The fourth-order valence-electron chi connectivity index (χ4n) is 2.75. The first-order chi connectivity index (χ1) is 12.5. The summed E-state index contributed by atoms with van der Waals surface area (Å²) in [6.45, 7) is 1.08. The second kappa shape index (κ2) is 7.61. The average molecular weight is 379 g/mol. The Morgan fingerprint density at radius 3 is 2.81 bits per heavy atom. The van der Waals surface area contributed by atoms with Gasteiger partial charge in [0.2, 0.25) is 0 Å². The molecule has 0 unspecified atom stereocenters. The minimum atomic E-state index is -0.312. The van der Waals surface area contributed by atoms with Gasteiger partial charge in [0.05, 0.1) is 32.3 Å². The summed E-state index contributed by atoms with van der Waals surface area (Å²) in [6.07, 6.45) is 0. The van der Waals surface area contributed by atoms with E-state index in [1.165, 1.54) is 14.2 Å². The molecule has 1 heterocycles. The number of nitrogens with zero attached hydrogens (tertiary/aromatic N) is 1. The summed E-state index contributed by atoms with van der Waals surface area (Å²) < 4.78 is 16.1. The average Bonchev–Trinajstić information content (AvgIpc) is 2.83. The molecule has 2 amide bonds. The number of rotatable bonds is 3. The first kappa shape index (κ1) is 18.0. The van der Waals surface area contributed by atoms with Crippen LogP contribution >= 0.6 is 11.6 Å². The molecule has 0 saturated carbocycles. The van der Waals surface area contributed by atoms with Crippen molar-refractivity contribution in [1.29, 1.82) is 0 Å². The van der Waals surface area contributed by atoms with Crippen LogP contribution in [0.25, 0.3) is 0 Å². The van der Waals surface area contributed by atoms with Crippen molar-refractivity contribution in [3.63, 3.8) is 0 Å². The molecule has 26 heavy (non-hydrogen) atoms. The number of benzene rings is 2. The third-order valence-electron chi connectivity index (χ3n) is 4.00. The molecular formula is C18H19ClN2O5. The maximum atomic E-state index is 12.7. The van der Waals surface area contributed by atoms with Gasteiger partial charge in [-0.25, -0.2) is 4.79 Å². The molecule has 0 spiro atoms. The number of phenolic OH excluding ortho intramolecular Hbond substituents is 1. The zero-order chi connectivity index (χ0) is 18.7. The van der Waals surface area contributed by atoms with Crippen LogP contribution in [-0.4, -0.2) is 43.4 Å². The molecule has 7 nitrogen and oxygen atoms in total. The number of amides is 2. The van der Waals surface area contributed by atoms with Gasteiger partial charge >= 0.3 is 6.03 Å². The third kappa shape index (κ3) is 3.72. The number of carbonyl (C=O) groups excluding carboxylic acids is 1. The van der Waals surface area contributed by atoms with Gasteiger partial charge in [0.15, 0.2) is 11.5 Å². The summed E-state index contributed by atoms with van der Waals surface area (Å²) >= 11 is 6.18. The Kier molecular flexibility index (Phi) is 5.27. The highest BCUT2D eigenvalue weighted by molar-refractivity contribution is 6.32. The Labute approximate surface area is 156 Å². The van der Waals surface area contributed by atoms with Crippen LogP contribution in [-0.2, 0) is 6.54 Å². The minimum absolute atomic E-state index is 0.126. The highest BCUT2D eigenvalue weighted by Gasteiger charge is 2.21. The summed E-state index contributed by atoms with van der Waals surface area (Å²) in [7, 11) is 2.99. The maximum Gasteiger partial charge on any atom is 0.322 e. The fraction of sp³-hybridized carbons (Fsp3) is 0.278. The van der Waals surface area contributed by atoms with E-state index in [1.54, 1.807) is 35.2 Å². The number of aromatic hydroxyl groups is 1. The lowest BCUT2D eigenvalue weighted by molar-refractivity contribution is 0.200. The Bertz CT molecular complexity index is 827. The molecule has 8 heteroatoms. The highest BCUT2D eigenvalue weighted by Crippen LogP contribution is 2.38. The van der Waals surface area contributed by atoms with Crippen LogP contribution in [0.3, 0.4) is 0 Å². The predicted octanol–water partition coefficient (Wildman–Crippen LogP) is 3.49. The predicted molar refractivity (Wildman–Crippen MR) is 97.6 cm³/mol. The summed E-state index contributed by atoms with van der Waals surface area (Å²) in [5, 5.41) is 12.8. The Balaban J connectivity index is 1.79. The molecule has 1 aliphatic rings. The molecule has 1 aliphatic heterocycles. The van der Waals surface area contributed by atoms with Crippen LogP contribution in [0, 0.1) is 0 Å². The molecule has 0 radical (unpaired) electrons. The molecule has 0 saturated heterocycles. The van der Waals surface area contributed by atoms with Crippen molar-refractivity contribution in [2.45, 2.75) is 6.54 Å². The van der Waals surface area contributed by atoms with E-state index in [0.29, 0.717) is 47.7 Å². The van der Waals surface area contributed by atoms with Crippen LogP contribution in [0.1, 0.15) is 5.56 Å². The van der Waals surface area contributed by atoms with Crippen LogP contribution in [0.4, 0.5) is 10.5 Å². The van der Waals surface area contributed by atoms with E-state index in [-0.39, 0.29) is 11.8 Å². The smallest absolute Gasteiger partial charge is 0.322 e. The highest BCUT2D eigenvalue weighted by atomic mass is 35.5. The van der Waals surface area contributed by atoms with Gasteiger partial charge in [-0.3, -0.25) is 0 Å². The monoisotopic (exact) mass is 378 g/mol. The summed E-state index contributed by atoms with van der Waals surface area (Å²) in [6, 6.07) is 7.76. The van der Waals surface area contributed by atoms with Gasteiger partial charge in [0, 0.05) is 17.3 Å². The molecule has 0 fully saturated rings. The van der Waals surface area contributed by atoms with E-state index in [1.807, 2.05) is 0 Å². The number of halogens is 1. The van der Waals surface area contributed by atoms with Gasteiger partial charge < -0.3 is 29.5 Å². The number of methoxy groups -OCH3 is 2. The Morgan fingerprint density at radius 2 is 2.08 bits per heavy atom. The van der Waals surface area contributed by atoms with Gasteiger partial charge in [0.1, 0.15) is 18.1 Å². The lowest BCUT2D eigenvalue weighted by Crippen LogP contribution is -2.36. The number of carbonyl (C=O) groups is 1. The normalized spacial score (nSPS) is 13.3. The van der Waals surface area contributed by atoms with Crippen molar-refractivity contribution in [3.8, 4) is 23.0 Å². The van der Waals surface area contributed by atoms with Crippen LogP contribution in [0.2, 0.25) is 5.02 Å². The SMILES string of the molecule is COc1cc(NC(=O)N2CCOc3ccc(O)cc3C2)cc(Cl)c1OC. The van der Waals surface area contributed by atoms with E-state index in [4.69, 9.17) is 25.8 Å². The lowest BCUT2D eigenvalue weighted by Gasteiger charge is -2.21. The molecule has 138 valence electrons. The van der Waals surface area contributed by atoms with Crippen LogP contribution in [0.5, 0.6) is 23.0 Å². The molecule has 0 atom stereocenters. The van der Waals surface area contributed by atoms with E-state index in [2.05, 4.69) is 5.32 Å². The number of anilines is 1. The molecule has 2 N–H and O–H groups in total. The zero-order valence-corrected chi connectivity index (χ0v) is 15.2. The Morgan fingerprint density at radius 1 is 1.27 bits per heavy atom. The number of urea groups is 1. The van der Waals surface area contributed by atoms with Crippen molar-refractivity contribution < 1.29 is 24.1 Å². The fourth-order valence-corrected chi connectivity index (χ4v) is 3.03. The van der Waals surface area contributed by atoms with Gasteiger partial charge in [-0.05, 0) is 24.3 Å². The van der Waals surface area contributed by atoms with Crippen molar-refractivity contribution in [2.24, 2.45) is 0 Å². The van der Waals surface area contributed by atoms with Gasteiger partial charge in [-0.15, -0.1) is 0 Å². The van der Waals surface area contributed by atoms with Crippen molar-refractivity contribution in [3.05, 3.63) is 40.9 Å². The summed E-state index contributed by atoms with van der Waals surface area (Å²) in [4.78, 5) is 14.3. The van der Waals surface area contributed by atoms with Crippen molar-refractivity contribution in [1.82, 2.24) is 4.90 Å². The second-order valence-corrected chi connectivity index (χ2v) is 6.09. The zero-order valence-electron chi connectivity index (χ0n) is 14.4. The van der Waals surface area contributed by atoms with Crippen molar-refractivity contribution >= 4 is 23.3 Å². The standard InChI is InChI=1S/C18H19ClN2O5/c1-24-16-9-12(8-14(19)17(16)25-2)20-18(23)21-5-6-26-15-4-3-13(22)7-11(15)10-21/h3-4,7-9,22H,5-6,10H2,1-2H3,(H,20,23). The molecule has 2 aromatic rings. The van der Waals surface area contributed by atoms with Crippen LogP contribution in [0.15, 0.2) is 30.3 Å². The van der Waals surface area contributed by atoms with Crippen molar-refractivity contribution in [2.75, 3.05) is 32.7 Å². The first-order valence-corrected chi connectivity index (χ1v) is 8.31. The molecular weight excluding hydrogens is 360 g/mol. The number of hydrogen-bond donors (Lipinski definition) is 2. The minimum Gasteiger partial charge on any atom is -0.508 e. The quantitative estimate of drug-likeness (QED) is 0.854. The first-order valence-electron chi connectivity index (χ1n) is 7.94.